The molecule has 1 unspecified atom stereocenters. The molecule has 0 saturated heterocycles. The lowest BCUT2D eigenvalue weighted by atomic mass is 10.1. The van der Waals surface area contributed by atoms with Gasteiger partial charge in [-0.25, -0.2) is 4.99 Å². The molecule has 8 heteroatoms. The van der Waals surface area contributed by atoms with Crippen LogP contribution in [0.5, 0.6) is 0 Å². The van der Waals surface area contributed by atoms with Crippen LogP contribution in [0.4, 0.5) is 0 Å². The van der Waals surface area contributed by atoms with Gasteiger partial charge in [0.2, 0.25) is 5.91 Å². The lowest BCUT2D eigenvalue weighted by Gasteiger charge is -2.20. The number of carbonyl (C=O) groups is 1. The molecule has 1 atom stereocenters. The Morgan fingerprint density at radius 2 is 2.04 bits per heavy atom. The molecule has 6 nitrogen and oxygen atoms in total. The Bertz CT molecular complexity index is 492. The van der Waals surface area contributed by atoms with Crippen LogP contribution in [-0.2, 0) is 10.4 Å². The predicted molar refractivity (Wildman–Crippen MR) is 111 cm³/mol. The molecule has 0 aliphatic rings. The van der Waals surface area contributed by atoms with Crippen molar-refractivity contribution in [3.8, 4) is 0 Å². The van der Waals surface area contributed by atoms with Gasteiger partial charge < -0.3 is 21.1 Å². The maximum absolute atomic E-state index is 11.6. The van der Waals surface area contributed by atoms with E-state index in [1.54, 1.807) is 6.92 Å². The lowest BCUT2D eigenvalue weighted by molar-refractivity contribution is -0.120. The number of hydrogen-bond donors (Lipinski definition) is 4. The van der Waals surface area contributed by atoms with E-state index in [4.69, 9.17) is 0 Å². The van der Waals surface area contributed by atoms with E-state index in [0.29, 0.717) is 25.5 Å². The van der Waals surface area contributed by atoms with Crippen LogP contribution in [0, 0.1) is 0 Å². The van der Waals surface area contributed by atoms with E-state index in [1.165, 1.54) is 11.3 Å². The summed E-state index contributed by atoms with van der Waals surface area (Å²) in [4.78, 5) is 16.9. The van der Waals surface area contributed by atoms with E-state index in [2.05, 4.69) is 20.9 Å². The molecule has 1 heterocycles. The maximum atomic E-state index is 11.6. The van der Waals surface area contributed by atoms with Gasteiger partial charge in [-0.05, 0) is 31.7 Å². The van der Waals surface area contributed by atoms with E-state index in [1.807, 2.05) is 31.4 Å². The van der Waals surface area contributed by atoms with Crippen molar-refractivity contribution in [1.29, 1.82) is 0 Å². The first-order valence-electron chi connectivity index (χ1n) is 8.04. The normalized spacial score (nSPS) is 13.6. The number of halogens is 1. The van der Waals surface area contributed by atoms with Crippen molar-refractivity contribution in [1.82, 2.24) is 16.0 Å². The molecule has 1 aromatic heterocycles. The third kappa shape index (κ3) is 8.84. The number of rotatable bonds is 9. The number of guanidine groups is 1. The Kier molecular flexibility index (Phi) is 12.0. The molecule has 0 spiro atoms. The van der Waals surface area contributed by atoms with Crippen molar-refractivity contribution in [2.45, 2.75) is 39.2 Å². The summed E-state index contributed by atoms with van der Waals surface area (Å²) in [5.74, 6) is 0.633. The first kappa shape index (κ1) is 23.1. The maximum Gasteiger partial charge on any atom is 0.221 e. The molecule has 1 amide bonds. The van der Waals surface area contributed by atoms with Gasteiger partial charge in [0.15, 0.2) is 5.96 Å². The molecular weight excluding hydrogens is 439 g/mol. The van der Waals surface area contributed by atoms with Crippen molar-refractivity contribution in [3.63, 3.8) is 0 Å². The molecule has 0 radical (unpaired) electrons. The van der Waals surface area contributed by atoms with E-state index < -0.39 is 5.60 Å². The predicted octanol–water partition coefficient (Wildman–Crippen LogP) is 2.05. The fourth-order valence-electron chi connectivity index (χ4n) is 1.88. The molecular formula is C16H29IN4O2S. The number of hydrogen-bond acceptors (Lipinski definition) is 4. The number of amides is 1. The van der Waals surface area contributed by atoms with Gasteiger partial charge in [-0.1, -0.05) is 13.0 Å². The molecule has 1 rings (SSSR count). The van der Waals surface area contributed by atoms with Gasteiger partial charge >= 0.3 is 0 Å². The van der Waals surface area contributed by atoms with Gasteiger partial charge in [-0.3, -0.25) is 4.79 Å². The second-order valence-corrected chi connectivity index (χ2v) is 6.42. The molecule has 0 aromatic carbocycles. The van der Waals surface area contributed by atoms with Gasteiger partial charge in [0, 0.05) is 30.9 Å². The van der Waals surface area contributed by atoms with Gasteiger partial charge in [0.05, 0.1) is 6.54 Å². The largest absolute Gasteiger partial charge is 0.383 e. The molecule has 1 aromatic rings. The number of nitrogens with zero attached hydrogens (tertiary/aromatic N) is 1. The highest BCUT2D eigenvalue weighted by atomic mass is 127. The zero-order valence-electron chi connectivity index (χ0n) is 14.6. The lowest BCUT2D eigenvalue weighted by Crippen LogP contribution is -2.40. The quantitative estimate of drug-likeness (QED) is 0.254. The van der Waals surface area contributed by atoms with Crippen molar-refractivity contribution in [2.24, 2.45) is 4.99 Å². The van der Waals surface area contributed by atoms with Crippen molar-refractivity contribution < 1.29 is 9.90 Å². The summed E-state index contributed by atoms with van der Waals surface area (Å²) in [7, 11) is 0. The van der Waals surface area contributed by atoms with Crippen LogP contribution in [0.2, 0.25) is 0 Å². The Balaban J connectivity index is 0.00000529. The Labute approximate surface area is 165 Å². The van der Waals surface area contributed by atoms with Gasteiger partial charge in [0.1, 0.15) is 5.60 Å². The molecule has 0 saturated carbocycles. The Hall–Kier alpha value is -0.870. The zero-order chi connectivity index (χ0) is 17.1. The fraction of sp³-hybridized carbons (Fsp3) is 0.625. The second-order valence-electron chi connectivity index (χ2n) is 5.47. The number of carbonyl (C=O) groups excluding carboxylic acids is 1. The highest BCUT2D eigenvalue weighted by Crippen LogP contribution is 2.25. The highest BCUT2D eigenvalue weighted by Gasteiger charge is 2.23. The number of thiophene rings is 1. The molecule has 4 N–H and O–H groups in total. The van der Waals surface area contributed by atoms with Crippen molar-refractivity contribution in [3.05, 3.63) is 22.4 Å². The van der Waals surface area contributed by atoms with Crippen molar-refractivity contribution >= 4 is 47.2 Å². The summed E-state index contributed by atoms with van der Waals surface area (Å²) in [5, 5.41) is 21.5. The van der Waals surface area contributed by atoms with Crippen LogP contribution in [0.3, 0.4) is 0 Å². The van der Waals surface area contributed by atoms with Crippen LogP contribution < -0.4 is 16.0 Å². The summed E-state index contributed by atoms with van der Waals surface area (Å²) in [6.07, 6.45) is 1.33. The van der Waals surface area contributed by atoms with Crippen LogP contribution in [0.15, 0.2) is 22.5 Å². The molecule has 138 valence electrons. The SMILES string of the molecule is CCCNC(=O)CCNC(=NCC(C)(O)c1cccs1)NCC.I. The average Bonchev–Trinajstić information content (AvgIpc) is 3.06. The number of aliphatic hydroxyl groups is 1. The van der Waals surface area contributed by atoms with Crippen LogP contribution in [0.25, 0.3) is 0 Å². The van der Waals surface area contributed by atoms with Crippen LogP contribution in [0.1, 0.15) is 38.5 Å². The first-order chi connectivity index (χ1) is 11.0. The second kappa shape index (κ2) is 12.5. The van der Waals surface area contributed by atoms with E-state index in [-0.39, 0.29) is 36.4 Å². The minimum atomic E-state index is -0.991. The van der Waals surface area contributed by atoms with Gasteiger partial charge in [-0.2, -0.15) is 0 Å². The minimum absolute atomic E-state index is 0. The third-order valence-corrected chi connectivity index (χ3v) is 4.28. The van der Waals surface area contributed by atoms with E-state index in [0.717, 1.165) is 17.8 Å². The number of nitrogens with one attached hydrogen (secondary N) is 3. The zero-order valence-corrected chi connectivity index (χ0v) is 17.7. The average molecular weight is 468 g/mol. The van der Waals surface area contributed by atoms with E-state index >= 15 is 0 Å². The van der Waals surface area contributed by atoms with Crippen molar-refractivity contribution in [2.75, 3.05) is 26.2 Å². The van der Waals surface area contributed by atoms with E-state index in [9.17, 15) is 9.90 Å². The Morgan fingerprint density at radius 1 is 1.29 bits per heavy atom. The summed E-state index contributed by atoms with van der Waals surface area (Å²) in [6, 6.07) is 3.81. The monoisotopic (exact) mass is 468 g/mol. The summed E-state index contributed by atoms with van der Waals surface area (Å²) in [6.45, 7) is 7.93. The van der Waals surface area contributed by atoms with Crippen LogP contribution >= 0.6 is 35.3 Å². The third-order valence-electron chi connectivity index (χ3n) is 3.16. The van der Waals surface area contributed by atoms with Gasteiger partial charge in [-0.15, -0.1) is 35.3 Å². The molecule has 0 fully saturated rings. The Morgan fingerprint density at radius 3 is 2.62 bits per heavy atom. The fourth-order valence-corrected chi connectivity index (χ4v) is 2.66. The molecule has 24 heavy (non-hydrogen) atoms. The summed E-state index contributed by atoms with van der Waals surface area (Å²) in [5.41, 5.74) is -0.991. The molecule has 0 bridgehead atoms. The summed E-state index contributed by atoms with van der Waals surface area (Å²) < 4.78 is 0. The standard InChI is InChI=1S/C16H28N4O2S.HI/c1-4-9-18-14(21)8-10-19-15(17-5-2)20-12-16(3,22)13-7-6-11-23-13;/h6-7,11,22H,4-5,8-10,12H2,1-3H3,(H,18,21)(H2,17,19,20);1H. The minimum Gasteiger partial charge on any atom is -0.383 e. The van der Waals surface area contributed by atoms with Gasteiger partial charge in [0.25, 0.3) is 0 Å². The number of aliphatic imine (C=N–C) groups is 1. The topological polar surface area (TPSA) is 85.8 Å². The molecule has 0 aliphatic heterocycles. The first-order valence-corrected chi connectivity index (χ1v) is 8.92. The summed E-state index contributed by atoms with van der Waals surface area (Å²) >= 11 is 1.51. The molecule has 0 aliphatic carbocycles. The highest BCUT2D eigenvalue weighted by molar-refractivity contribution is 14.0. The van der Waals surface area contributed by atoms with Crippen LogP contribution in [-0.4, -0.2) is 43.2 Å². The smallest absolute Gasteiger partial charge is 0.221 e.